The fourth-order valence-electron chi connectivity index (χ4n) is 5.27. The predicted octanol–water partition coefficient (Wildman–Crippen LogP) is 6.48. The lowest BCUT2D eigenvalue weighted by Gasteiger charge is -2.34. The van der Waals surface area contributed by atoms with Crippen molar-refractivity contribution >= 4 is 39.3 Å². The van der Waals surface area contributed by atoms with Crippen molar-refractivity contribution in [3.63, 3.8) is 0 Å². The summed E-state index contributed by atoms with van der Waals surface area (Å²) in [5.41, 5.74) is 2.94. The van der Waals surface area contributed by atoms with Gasteiger partial charge in [0.25, 0.3) is 10.0 Å². The van der Waals surface area contributed by atoms with E-state index in [1.165, 1.54) is 16.7 Å². The number of rotatable bonds is 15. The average Bonchev–Trinajstić information content (AvgIpc) is 3.05. The van der Waals surface area contributed by atoms with E-state index >= 15 is 0 Å². The number of carbonyl (C=O) groups excluding carboxylic acids is 2. The molecular formula is C37H43N3O5S2. The van der Waals surface area contributed by atoms with E-state index < -0.39 is 28.5 Å². The van der Waals surface area contributed by atoms with Gasteiger partial charge in [-0.2, -0.15) is 0 Å². The summed E-state index contributed by atoms with van der Waals surface area (Å²) in [5.74, 6) is -0.515. The molecule has 0 fully saturated rings. The first-order valence-electron chi connectivity index (χ1n) is 15.6. The number of nitrogens with one attached hydrogen (secondary N) is 1. The molecule has 0 bridgehead atoms. The van der Waals surface area contributed by atoms with Crippen molar-refractivity contribution < 1.29 is 22.7 Å². The Balaban J connectivity index is 1.84. The first-order chi connectivity index (χ1) is 22.5. The molecule has 2 amide bonds. The lowest BCUT2D eigenvalue weighted by atomic mass is 10.0. The lowest BCUT2D eigenvalue weighted by Crippen LogP contribution is -2.54. The van der Waals surface area contributed by atoms with Crippen molar-refractivity contribution in [1.82, 2.24) is 10.2 Å². The van der Waals surface area contributed by atoms with Gasteiger partial charge in [0.1, 0.15) is 18.3 Å². The number of nitrogens with zero attached hydrogens (tertiary/aromatic N) is 2. The highest BCUT2D eigenvalue weighted by molar-refractivity contribution is 7.98. The molecule has 10 heteroatoms. The highest BCUT2D eigenvalue weighted by atomic mass is 32.2. The van der Waals surface area contributed by atoms with Gasteiger partial charge in [0, 0.05) is 23.9 Å². The Morgan fingerprint density at radius 2 is 1.53 bits per heavy atom. The van der Waals surface area contributed by atoms with Gasteiger partial charge in [0.2, 0.25) is 11.8 Å². The molecule has 1 N–H and O–H groups in total. The molecule has 0 aromatic heterocycles. The van der Waals surface area contributed by atoms with Gasteiger partial charge in [-0.1, -0.05) is 72.3 Å². The van der Waals surface area contributed by atoms with Gasteiger partial charge >= 0.3 is 0 Å². The van der Waals surface area contributed by atoms with E-state index in [-0.39, 0.29) is 35.5 Å². The minimum absolute atomic E-state index is 0.0398. The van der Waals surface area contributed by atoms with Crippen LogP contribution in [0, 0.1) is 6.92 Å². The molecule has 1 atom stereocenters. The van der Waals surface area contributed by atoms with E-state index in [1.807, 2.05) is 88.5 Å². The van der Waals surface area contributed by atoms with Gasteiger partial charge in [-0.3, -0.25) is 13.9 Å². The number of anilines is 1. The van der Waals surface area contributed by atoms with E-state index in [4.69, 9.17) is 4.74 Å². The second-order valence-corrected chi connectivity index (χ2v) is 14.2. The van der Waals surface area contributed by atoms with Crippen LogP contribution in [0.15, 0.2) is 113 Å². The third-order valence-electron chi connectivity index (χ3n) is 7.50. The van der Waals surface area contributed by atoms with Gasteiger partial charge < -0.3 is 15.0 Å². The highest BCUT2D eigenvalue weighted by Gasteiger charge is 2.35. The predicted molar refractivity (Wildman–Crippen MR) is 189 cm³/mol. The number of para-hydroxylation sites is 2. The zero-order valence-corrected chi connectivity index (χ0v) is 29.2. The van der Waals surface area contributed by atoms with Crippen molar-refractivity contribution in [1.29, 1.82) is 0 Å². The third kappa shape index (κ3) is 9.39. The van der Waals surface area contributed by atoms with Gasteiger partial charge in [-0.05, 0) is 81.5 Å². The summed E-state index contributed by atoms with van der Waals surface area (Å²) in [4.78, 5) is 31.0. The van der Waals surface area contributed by atoms with E-state index in [1.54, 1.807) is 48.5 Å². The maximum absolute atomic E-state index is 14.7. The number of amides is 2. The highest BCUT2D eigenvalue weighted by Crippen LogP contribution is 2.33. The second-order valence-electron chi connectivity index (χ2n) is 11.5. The molecule has 0 aliphatic carbocycles. The van der Waals surface area contributed by atoms with Crippen LogP contribution in [0.4, 0.5) is 5.69 Å². The van der Waals surface area contributed by atoms with Crippen LogP contribution in [-0.2, 0) is 32.6 Å². The summed E-state index contributed by atoms with van der Waals surface area (Å²) < 4.78 is 35.7. The Kier molecular flexibility index (Phi) is 12.5. The molecule has 0 saturated carbocycles. The van der Waals surface area contributed by atoms with Crippen LogP contribution in [0.5, 0.6) is 5.75 Å². The SMILES string of the molecule is CCOc1ccccc1N(CC(=O)N(Cc1cccc(C)c1)C(Cc1ccccc1)C(=O)NC(C)C)S(=O)(=O)c1ccc(SC)cc1. The summed E-state index contributed by atoms with van der Waals surface area (Å²) in [6.45, 7) is 7.36. The first-order valence-corrected chi connectivity index (χ1v) is 18.3. The molecule has 47 heavy (non-hydrogen) atoms. The fraction of sp³-hybridized carbons (Fsp3) is 0.297. The summed E-state index contributed by atoms with van der Waals surface area (Å²) in [7, 11) is -4.26. The van der Waals surface area contributed by atoms with E-state index in [9.17, 15) is 18.0 Å². The molecule has 4 aromatic rings. The summed E-state index contributed by atoms with van der Waals surface area (Å²) in [5, 5.41) is 2.99. The van der Waals surface area contributed by atoms with Gasteiger partial charge in [-0.25, -0.2) is 8.42 Å². The molecule has 1 unspecified atom stereocenters. The lowest BCUT2D eigenvalue weighted by molar-refractivity contribution is -0.140. The smallest absolute Gasteiger partial charge is 0.264 e. The van der Waals surface area contributed by atoms with Gasteiger partial charge in [0.15, 0.2) is 0 Å². The Morgan fingerprint density at radius 3 is 2.17 bits per heavy atom. The van der Waals surface area contributed by atoms with Crippen LogP contribution in [0.1, 0.15) is 37.5 Å². The standard InChI is InChI=1S/C37H43N3O5S2/c1-6-45-35-18-11-10-17-33(35)40(47(43,44)32-21-19-31(46-5)20-22-32)26-36(41)39(25-30-16-12-13-28(4)23-30)34(37(42)38-27(2)3)24-29-14-8-7-9-15-29/h7-23,27,34H,6,24-26H2,1-5H3,(H,38,42). The van der Waals surface area contributed by atoms with Crippen LogP contribution < -0.4 is 14.4 Å². The van der Waals surface area contributed by atoms with Gasteiger partial charge in [0.05, 0.1) is 17.2 Å². The molecule has 4 aromatic carbocycles. The molecule has 0 aliphatic rings. The largest absolute Gasteiger partial charge is 0.492 e. The Bertz CT molecular complexity index is 1750. The molecule has 4 rings (SSSR count). The third-order valence-corrected chi connectivity index (χ3v) is 10.0. The Morgan fingerprint density at radius 1 is 0.872 bits per heavy atom. The topological polar surface area (TPSA) is 96.0 Å². The Hall–Kier alpha value is -4.28. The summed E-state index contributed by atoms with van der Waals surface area (Å²) >= 11 is 1.50. The molecule has 0 radical (unpaired) electrons. The number of carbonyl (C=O) groups is 2. The van der Waals surface area contributed by atoms with Crippen molar-refractivity contribution in [2.24, 2.45) is 0 Å². The molecule has 248 valence electrons. The quantitative estimate of drug-likeness (QED) is 0.145. The number of hydrogen-bond acceptors (Lipinski definition) is 6. The monoisotopic (exact) mass is 673 g/mol. The van der Waals surface area contributed by atoms with Crippen molar-refractivity contribution in [2.75, 3.05) is 23.7 Å². The molecule has 0 aliphatic heterocycles. The summed E-state index contributed by atoms with van der Waals surface area (Å²) in [6, 6.07) is 29.5. The van der Waals surface area contributed by atoms with Crippen LogP contribution >= 0.6 is 11.8 Å². The maximum atomic E-state index is 14.7. The number of aryl methyl sites for hydroxylation is 1. The summed E-state index contributed by atoms with van der Waals surface area (Å²) in [6.07, 6.45) is 2.16. The number of thioether (sulfide) groups is 1. The molecule has 8 nitrogen and oxygen atoms in total. The van der Waals surface area contributed by atoms with Crippen LogP contribution in [-0.4, -0.2) is 56.6 Å². The normalized spacial score (nSPS) is 12.0. The molecule has 0 spiro atoms. The zero-order chi connectivity index (χ0) is 34.0. The van der Waals surface area contributed by atoms with Crippen molar-refractivity contribution in [3.05, 3.63) is 120 Å². The molecule has 0 saturated heterocycles. The number of hydrogen-bond donors (Lipinski definition) is 1. The number of benzene rings is 4. The second kappa shape index (κ2) is 16.5. The van der Waals surface area contributed by atoms with Crippen molar-refractivity contribution in [3.8, 4) is 5.75 Å². The van der Waals surface area contributed by atoms with E-state index in [2.05, 4.69) is 5.32 Å². The number of ether oxygens (including phenoxy) is 1. The van der Waals surface area contributed by atoms with E-state index in [0.29, 0.717) is 12.4 Å². The maximum Gasteiger partial charge on any atom is 0.264 e. The zero-order valence-electron chi connectivity index (χ0n) is 27.6. The van der Waals surface area contributed by atoms with Crippen LogP contribution in [0.2, 0.25) is 0 Å². The number of sulfonamides is 1. The Labute approximate surface area is 283 Å². The van der Waals surface area contributed by atoms with Crippen LogP contribution in [0.25, 0.3) is 0 Å². The minimum Gasteiger partial charge on any atom is -0.492 e. The average molecular weight is 674 g/mol. The van der Waals surface area contributed by atoms with Crippen LogP contribution in [0.3, 0.4) is 0 Å². The fourth-order valence-corrected chi connectivity index (χ4v) is 7.10. The molecular weight excluding hydrogens is 631 g/mol. The first kappa shape index (κ1) is 35.6. The van der Waals surface area contributed by atoms with E-state index in [0.717, 1.165) is 25.9 Å². The van der Waals surface area contributed by atoms with Gasteiger partial charge in [-0.15, -0.1) is 11.8 Å². The minimum atomic E-state index is -4.26. The van der Waals surface area contributed by atoms with Crippen molar-refractivity contribution in [2.45, 2.75) is 62.5 Å². The molecule has 0 heterocycles.